The molecule has 2 rings (SSSR count). The highest BCUT2D eigenvalue weighted by molar-refractivity contribution is 5.80. The molecule has 1 aromatic carbocycles. The van der Waals surface area contributed by atoms with Crippen molar-refractivity contribution in [2.45, 2.75) is 52.7 Å². The van der Waals surface area contributed by atoms with Gasteiger partial charge >= 0.3 is 0 Å². The molecule has 0 unspecified atom stereocenters. The summed E-state index contributed by atoms with van der Waals surface area (Å²) in [6.45, 7) is 9.98. The largest absolute Gasteiger partial charge is 0.490 e. The van der Waals surface area contributed by atoms with Crippen LogP contribution in [0.4, 0.5) is 0 Å². The molecule has 1 aromatic rings. The predicted octanol–water partition coefficient (Wildman–Crippen LogP) is 3.10. The molecule has 1 heterocycles. The minimum atomic E-state index is -0.345. The highest BCUT2D eigenvalue weighted by Gasteiger charge is 2.27. The Morgan fingerprint density at radius 3 is 2.55 bits per heavy atom. The molecule has 0 aromatic heterocycles. The van der Waals surface area contributed by atoms with E-state index >= 15 is 0 Å². The van der Waals surface area contributed by atoms with E-state index in [1.165, 1.54) is 11.1 Å². The number of carbonyl (C=O) groups excluding carboxylic acids is 1. The van der Waals surface area contributed by atoms with Crippen molar-refractivity contribution < 1.29 is 14.3 Å². The summed E-state index contributed by atoms with van der Waals surface area (Å²) in [7, 11) is 0. The summed E-state index contributed by atoms with van der Waals surface area (Å²) >= 11 is 0. The number of aryl methyl sites for hydroxylation is 2. The van der Waals surface area contributed by atoms with Crippen LogP contribution in [0, 0.1) is 13.8 Å². The van der Waals surface area contributed by atoms with Crippen LogP contribution in [0.3, 0.4) is 0 Å². The standard InChI is InChI=1S/C18H27NO3/c1-5-21-15(4)18(20)19-10-8-16(9-11-19)22-17-7-6-13(2)14(3)12-17/h6-7,12,15-16H,5,8-11H2,1-4H3/t15-/m1/s1. The van der Waals surface area contributed by atoms with Gasteiger partial charge in [0.15, 0.2) is 0 Å². The van der Waals surface area contributed by atoms with Gasteiger partial charge in [-0.1, -0.05) is 6.07 Å². The Balaban J connectivity index is 1.84. The fourth-order valence-corrected chi connectivity index (χ4v) is 2.75. The maximum Gasteiger partial charge on any atom is 0.251 e. The van der Waals surface area contributed by atoms with E-state index in [1.807, 2.05) is 24.8 Å². The number of hydrogen-bond acceptors (Lipinski definition) is 3. The lowest BCUT2D eigenvalue weighted by Crippen LogP contribution is -2.46. The summed E-state index contributed by atoms with van der Waals surface area (Å²) in [5.74, 6) is 1.02. The van der Waals surface area contributed by atoms with Gasteiger partial charge in [0, 0.05) is 32.5 Å². The van der Waals surface area contributed by atoms with E-state index in [1.54, 1.807) is 0 Å². The third kappa shape index (κ3) is 4.23. The fourth-order valence-electron chi connectivity index (χ4n) is 2.75. The van der Waals surface area contributed by atoms with Crippen molar-refractivity contribution >= 4 is 5.91 Å². The van der Waals surface area contributed by atoms with Gasteiger partial charge in [-0.15, -0.1) is 0 Å². The first-order chi connectivity index (χ1) is 10.5. The zero-order valence-corrected chi connectivity index (χ0v) is 14.1. The van der Waals surface area contributed by atoms with Gasteiger partial charge in [-0.05, 0) is 51.0 Å². The molecule has 122 valence electrons. The molecule has 4 nitrogen and oxygen atoms in total. The van der Waals surface area contributed by atoms with E-state index in [-0.39, 0.29) is 18.1 Å². The molecule has 4 heteroatoms. The van der Waals surface area contributed by atoms with E-state index in [4.69, 9.17) is 9.47 Å². The Kier molecular flexibility index (Phi) is 5.83. The zero-order chi connectivity index (χ0) is 16.1. The predicted molar refractivity (Wildman–Crippen MR) is 87.2 cm³/mol. The van der Waals surface area contributed by atoms with E-state index in [2.05, 4.69) is 26.0 Å². The first-order valence-electron chi connectivity index (χ1n) is 8.15. The first-order valence-corrected chi connectivity index (χ1v) is 8.15. The number of carbonyl (C=O) groups is 1. The normalized spacial score (nSPS) is 17.4. The van der Waals surface area contributed by atoms with Crippen molar-refractivity contribution in [1.82, 2.24) is 4.90 Å². The molecule has 0 bridgehead atoms. The SMILES string of the molecule is CCO[C@H](C)C(=O)N1CCC(Oc2ccc(C)c(C)c2)CC1. The topological polar surface area (TPSA) is 38.8 Å². The van der Waals surface area contributed by atoms with Gasteiger partial charge < -0.3 is 14.4 Å². The Morgan fingerprint density at radius 2 is 1.95 bits per heavy atom. The number of piperidine rings is 1. The lowest BCUT2D eigenvalue weighted by Gasteiger charge is -2.33. The molecule has 1 amide bonds. The lowest BCUT2D eigenvalue weighted by atomic mass is 10.1. The van der Waals surface area contributed by atoms with Crippen LogP contribution < -0.4 is 4.74 Å². The third-order valence-electron chi connectivity index (χ3n) is 4.30. The van der Waals surface area contributed by atoms with Gasteiger partial charge in [0.05, 0.1) is 0 Å². The molecule has 0 radical (unpaired) electrons. The maximum atomic E-state index is 12.2. The molecule has 22 heavy (non-hydrogen) atoms. The van der Waals surface area contributed by atoms with Crippen molar-refractivity contribution in [1.29, 1.82) is 0 Å². The number of benzene rings is 1. The second-order valence-corrected chi connectivity index (χ2v) is 5.99. The van der Waals surface area contributed by atoms with Crippen molar-refractivity contribution in [2.75, 3.05) is 19.7 Å². The zero-order valence-electron chi connectivity index (χ0n) is 14.1. The molecule has 1 aliphatic heterocycles. The molecule has 1 atom stereocenters. The second kappa shape index (κ2) is 7.63. The minimum absolute atomic E-state index is 0.0893. The van der Waals surface area contributed by atoms with Crippen LogP contribution >= 0.6 is 0 Å². The van der Waals surface area contributed by atoms with Crippen LogP contribution in [0.1, 0.15) is 37.8 Å². The van der Waals surface area contributed by atoms with Gasteiger partial charge in [0.25, 0.3) is 5.91 Å². The summed E-state index contributed by atoms with van der Waals surface area (Å²) in [5, 5.41) is 0. The van der Waals surface area contributed by atoms with Gasteiger partial charge in [-0.2, -0.15) is 0 Å². The lowest BCUT2D eigenvalue weighted by molar-refractivity contribution is -0.144. The van der Waals surface area contributed by atoms with Gasteiger partial charge in [-0.25, -0.2) is 0 Å². The number of hydrogen-bond donors (Lipinski definition) is 0. The van der Waals surface area contributed by atoms with Crippen LogP contribution in [0.15, 0.2) is 18.2 Å². The van der Waals surface area contributed by atoms with Crippen molar-refractivity contribution in [2.24, 2.45) is 0 Å². The van der Waals surface area contributed by atoms with Crippen LogP contribution in [0.5, 0.6) is 5.75 Å². The van der Waals surface area contributed by atoms with Crippen LogP contribution in [-0.4, -0.2) is 42.7 Å². The number of ether oxygens (including phenoxy) is 2. The van der Waals surface area contributed by atoms with Crippen LogP contribution in [-0.2, 0) is 9.53 Å². The van der Waals surface area contributed by atoms with Crippen LogP contribution in [0.25, 0.3) is 0 Å². The molecule has 1 aliphatic rings. The number of amides is 1. The molecule has 0 saturated carbocycles. The average Bonchev–Trinajstić information content (AvgIpc) is 2.51. The summed E-state index contributed by atoms with van der Waals surface area (Å²) in [6, 6.07) is 6.20. The molecule has 0 N–H and O–H groups in total. The number of rotatable bonds is 5. The number of nitrogens with zero attached hydrogens (tertiary/aromatic N) is 1. The molecule has 1 saturated heterocycles. The van der Waals surface area contributed by atoms with Crippen molar-refractivity contribution in [3.63, 3.8) is 0 Å². The summed E-state index contributed by atoms with van der Waals surface area (Å²) in [4.78, 5) is 14.1. The molecular formula is C18H27NO3. The summed E-state index contributed by atoms with van der Waals surface area (Å²) in [5.41, 5.74) is 2.52. The Bertz CT molecular complexity index is 507. The maximum absolute atomic E-state index is 12.2. The quantitative estimate of drug-likeness (QED) is 0.839. The van der Waals surface area contributed by atoms with Crippen molar-refractivity contribution in [3.8, 4) is 5.75 Å². The summed E-state index contributed by atoms with van der Waals surface area (Å²) < 4.78 is 11.4. The highest BCUT2D eigenvalue weighted by Crippen LogP contribution is 2.22. The highest BCUT2D eigenvalue weighted by atomic mass is 16.5. The Morgan fingerprint density at radius 1 is 1.27 bits per heavy atom. The fraction of sp³-hybridized carbons (Fsp3) is 0.611. The van der Waals surface area contributed by atoms with Crippen LogP contribution in [0.2, 0.25) is 0 Å². The molecule has 0 spiro atoms. The monoisotopic (exact) mass is 305 g/mol. The second-order valence-electron chi connectivity index (χ2n) is 5.99. The first kappa shape index (κ1) is 16.8. The van der Waals surface area contributed by atoms with Gasteiger partial charge in [0.1, 0.15) is 18.0 Å². The Hall–Kier alpha value is -1.55. The van der Waals surface area contributed by atoms with E-state index in [0.717, 1.165) is 31.7 Å². The Labute approximate surface area is 133 Å². The van der Waals surface area contributed by atoms with E-state index < -0.39 is 0 Å². The van der Waals surface area contributed by atoms with E-state index in [9.17, 15) is 4.79 Å². The third-order valence-corrected chi connectivity index (χ3v) is 4.30. The summed E-state index contributed by atoms with van der Waals surface area (Å²) in [6.07, 6.45) is 1.59. The minimum Gasteiger partial charge on any atom is -0.490 e. The van der Waals surface area contributed by atoms with Gasteiger partial charge in [-0.3, -0.25) is 4.79 Å². The number of likely N-dealkylation sites (tertiary alicyclic amines) is 1. The smallest absolute Gasteiger partial charge is 0.251 e. The van der Waals surface area contributed by atoms with Gasteiger partial charge in [0.2, 0.25) is 0 Å². The average molecular weight is 305 g/mol. The molecule has 1 fully saturated rings. The molecule has 0 aliphatic carbocycles. The molecular weight excluding hydrogens is 278 g/mol. The van der Waals surface area contributed by atoms with Crippen molar-refractivity contribution in [3.05, 3.63) is 29.3 Å². The van der Waals surface area contributed by atoms with E-state index in [0.29, 0.717) is 6.61 Å².